The van der Waals surface area contributed by atoms with Crippen LogP contribution in [0.4, 0.5) is 0 Å². The van der Waals surface area contributed by atoms with E-state index in [4.69, 9.17) is 11.6 Å². The van der Waals surface area contributed by atoms with Crippen molar-refractivity contribution in [2.24, 2.45) is 4.99 Å². The molecule has 0 aliphatic carbocycles. The van der Waals surface area contributed by atoms with Crippen LogP contribution in [-0.4, -0.2) is 37.0 Å². The van der Waals surface area contributed by atoms with Gasteiger partial charge in [-0.1, -0.05) is 29.8 Å². The Hall–Kier alpha value is -1.02. The zero-order valence-corrected chi connectivity index (χ0v) is 17.9. The zero-order chi connectivity index (χ0) is 17.3. The lowest BCUT2D eigenvalue weighted by molar-refractivity contribution is -0.121. The quantitative estimate of drug-likeness (QED) is 0.343. The van der Waals surface area contributed by atoms with Gasteiger partial charge in [0.1, 0.15) is 6.54 Å². The maximum atomic E-state index is 11.8. The van der Waals surface area contributed by atoms with E-state index in [1.807, 2.05) is 52.0 Å². The van der Waals surface area contributed by atoms with Crippen LogP contribution in [0.25, 0.3) is 0 Å². The van der Waals surface area contributed by atoms with Gasteiger partial charge in [-0.25, -0.2) is 4.99 Å². The van der Waals surface area contributed by atoms with Crippen molar-refractivity contribution in [3.05, 3.63) is 34.9 Å². The molecule has 0 heterocycles. The topological polar surface area (TPSA) is 65.5 Å². The summed E-state index contributed by atoms with van der Waals surface area (Å²) in [6, 6.07) is 7.77. The minimum Gasteiger partial charge on any atom is -0.357 e. The van der Waals surface area contributed by atoms with Gasteiger partial charge in [0.2, 0.25) is 5.91 Å². The van der Waals surface area contributed by atoms with Crippen molar-refractivity contribution in [1.82, 2.24) is 16.0 Å². The summed E-state index contributed by atoms with van der Waals surface area (Å²) >= 11 is 6.14. The van der Waals surface area contributed by atoms with E-state index < -0.39 is 0 Å². The molecule has 0 saturated heterocycles. The van der Waals surface area contributed by atoms with Gasteiger partial charge in [-0.3, -0.25) is 4.79 Å². The standard InChI is InChI=1S/C17H27ClN4O.HI/c1-5-19-16(21-12-15(23)22-17(2,3)4)20-11-10-13-8-6-7-9-14(13)18;/h6-9H,5,10-12H2,1-4H3,(H,22,23)(H2,19,20,21);1H. The molecule has 0 aliphatic rings. The van der Waals surface area contributed by atoms with Gasteiger partial charge in [0.15, 0.2) is 5.96 Å². The van der Waals surface area contributed by atoms with Crippen molar-refractivity contribution in [2.45, 2.75) is 39.7 Å². The first-order chi connectivity index (χ1) is 10.8. The smallest absolute Gasteiger partial charge is 0.242 e. The van der Waals surface area contributed by atoms with Gasteiger partial charge < -0.3 is 16.0 Å². The highest BCUT2D eigenvalue weighted by Crippen LogP contribution is 2.14. The van der Waals surface area contributed by atoms with E-state index in [1.165, 1.54) is 0 Å². The Morgan fingerprint density at radius 2 is 1.88 bits per heavy atom. The van der Waals surface area contributed by atoms with Crippen LogP contribution in [0.2, 0.25) is 5.02 Å². The van der Waals surface area contributed by atoms with Crippen LogP contribution in [0.15, 0.2) is 29.3 Å². The molecule has 0 fully saturated rings. The zero-order valence-electron chi connectivity index (χ0n) is 14.8. The molecule has 1 amide bonds. The number of aliphatic imine (C=N–C) groups is 1. The van der Waals surface area contributed by atoms with Gasteiger partial charge in [0, 0.05) is 23.7 Å². The lowest BCUT2D eigenvalue weighted by Gasteiger charge is -2.20. The van der Waals surface area contributed by atoms with Crippen molar-refractivity contribution in [2.75, 3.05) is 19.6 Å². The molecule has 1 aromatic carbocycles. The number of amides is 1. The Balaban J connectivity index is 0.00000529. The minimum absolute atomic E-state index is 0. The van der Waals surface area contributed by atoms with E-state index in [2.05, 4.69) is 20.9 Å². The summed E-state index contributed by atoms with van der Waals surface area (Å²) in [5.41, 5.74) is 0.839. The van der Waals surface area contributed by atoms with Crippen molar-refractivity contribution < 1.29 is 4.79 Å². The Labute approximate surface area is 167 Å². The van der Waals surface area contributed by atoms with Gasteiger partial charge in [0.25, 0.3) is 0 Å². The van der Waals surface area contributed by atoms with Crippen LogP contribution >= 0.6 is 35.6 Å². The summed E-state index contributed by atoms with van der Waals surface area (Å²) in [4.78, 5) is 16.1. The van der Waals surface area contributed by atoms with Crippen molar-refractivity contribution in [1.29, 1.82) is 0 Å². The molecule has 0 atom stereocenters. The van der Waals surface area contributed by atoms with Crippen LogP contribution in [0, 0.1) is 0 Å². The second-order valence-electron chi connectivity index (χ2n) is 6.26. The van der Waals surface area contributed by atoms with Crippen LogP contribution in [0.5, 0.6) is 0 Å². The van der Waals surface area contributed by atoms with E-state index in [9.17, 15) is 4.79 Å². The molecule has 3 N–H and O–H groups in total. The Morgan fingerprint density at radius 3 is 2.46 bits per heavy atom. The second-order valence-corrected chi connectivity index (χ2v) is 6.67. The molecule has 1 rings (SSSR count). The molecule has 0 saturated carbocycles. The van der Waals surface area contributed by atoms with Gasteiger partial charge in [-0.15, -0.1) is 24.0 Å². The van der Waals surface area contributed by atoms with Crippen LogP contribution in [0.3, 0.4) is 0 Å². The first-order valence-electron chi connectivity index (χ1n) is 7.88. The summed E-state index contributed by atoms with van der Waals surface area (Å²) in [5.74, 6) is 0.532. The molecule has 136 valence electrons. The van der Waals surface area contributed by atoms with E-state index in [1.54, 1.807) is 0 Å². The molecule has 7 heteroatoms. The maximum Gasteiger partial charge on any atom is 0.242 e. The number of hydrogen-bond donors (Lipinski definition) is 3. The molecular weight excluding hydrogens is 439 g/mol. The minimum atomic E-state index is -0.248. The molecule has 0 radical (unpaired) electrons. The van der Waals surface area contributed by atoms with Gasteiger partial charge >= 0.3 is 0 Å². The average Bonchev–Trinajstić information content (AvgIpc) is 2.45. The summed E-state index contributed by atoms with van der Waals surface area (Å²) < 4.78 is 0. The summed E-state index contributed by atoms with van der Waals surface area (Å²) in [5, 5.41) is 9.99. The first-order valence-corrected chi connectivity index (χ1v) is 8.26. The number of benzene rings is 1. The van der Waals surface area contributed by atoms with Crippen LogP contribution in [0.1, 0.15) is 33.3 Å². The molecular formula is C17H28ClIN4O. The van der Waals surface area contributed by atoms with Crippen LogP contribution < -0.4 is 16.0 Å². The predicted octanol–water partition coefficient (Wildman–Crippen LogP) is 2.97. The van der Waals surface area contributed by atoms with E-state index in [-0.39, 0.29) is 42.0 Å². The third kappa shape index (κ3) is 9.97. The van der Waals surface area contributed by atoms with Crippen molar-refractivity contribution in [3.8, 4) is 0 Å². The first kappa shape index (κ1) is 23.0. The highest BCUT2D eigenvalue weighted by molar-refractivity contribution is 14.0. The SMILES string of the molecule is CCNC(=NCC(=O)NC(C)(C)C)NCCc1ccccc1Cl.I. The monoisotopic (exact) mass is 466 g/mol. The number of carbonyl (C=O) groups excluding carboxylic acids is 1. The number of rotatable bonds is 6. The summed E-state index contributed by atoms with van der Waals surface area (Å²) in [6.07, 6.45) is 0.790. The fraction of sp³-hybridized carbons (Fsp3) is 0.529. The summed E-state index contributed by atoms with van der Waals surface area (Å²) in [7, 11) is 0. The van der Waals surface area contributed by atoms with E-state index >= 15 is 0 Å². The van der Waals surface area contributed by atoms with E-state index in [0.29, 0.717) is 12.5 Å². The molecule has 0 spiro atoms. The number of halogens is 2. The van der Waals surface area contributed by atoms with Crippen molar-refractivity contribution in [3.63, 3.8) is 0 Å². The Kier molecular flexibility index (Phi) is 11.0. The number of nitrogens with zero attached hydrogens (tertiary/aromatic N) is 1. The fourth-order valence-corrected chi connectivity index (χ4v) is 2.20. The Morgan fingerprint density at radius 1 is 1.21 bits per heavy atom. The largest absolute Gasteiger partial charge is 0.357 e. The van der Waals surface area contributed by atoms with Gasteiger partial charge in [0.05, 0.1) is 0 Å². The number of carbonyl (C=O) groups is 1. The third-order valence-corrected chi connectivity index (χ3v) is 3.25. The van der Waals surface area contributed by atoms with Gasteiger partial charge in [-0.05, 0) is 45.7 Å². The molecule has 0 bridgehead atoms. The maximum absolute atomic E-state index is 11.8. The number of nitrogens with one attached hydrogen (secondary N) is 3. The average molecular weight is 467 g/mol. The third-order valence-electron chi connectivity index (χ3n) is 2.88. The highest BCUT2D eigenvalue weighted by Gasteiger charge is 2.13. The number of guanidine groups is 1. The van der Waals surface area contributed by atoms with Crippen molar-refractivity contribution >= 4 is 47.4 Å². The fourth-order valence-electron chi connectivity index (χ4n) is 1.97. The molecule has 1 aromatic rings. The van der Waals surface area contributed by atoms with Crippen LogP contribution in [-0.2, 0) is 11.2 Å². The second kappa shape index (κ2) is 11.5. The number of hydrogen-bond acceptors (Lipinski definition) is 2. The molecule has 0 aliphatic heterocycles. The predicted molar refractivity (Wildman–Crippen MR) is 112 cm³/mol. The molecule has 0 aromatic heterocycles. The Bertz CT molecular complexity index is 544. The molecule has 24 heavy (non-hydrogen) atoms. The lowest BCUT2D eigenvalue weighted by Crippen LogP contribution is -2.43. The molecule has 5 nitrogen and oxygen atoms in total. The highest BCUT2D eigenvalue weighted by atomic mass is 127. The lowest BCUT2D eigenvalue weighted by atomic mass is 10.1. The van der Waals surface area contributed by atoms with Gasteiger partial charge in [-0.2, -0.15) is 0 Å². The summed E-state index contributed by atoms with van der Waals surface area (Å²) in [6.45, 7) is 9.35. The van der Waals surface area contributed by atoms with E-state index in [0.717, 1.165) is 23.6 Å². The normalized spacial score (nSPS) is 11.5. The molecule has 0 unspecified atom stereocenters.